The lowest BCUT2D eigenvalue weighted by atomic mass is 10.1. The summed E-state index contributed by atoms with van der Waals surface area (Å²) in [6.07, 6.45) is -4.48. The SMILES string of the molecule is COCCNC(=NCc1ccc(Br)cc1C(F)(F)F)NCC(=O)N(C)C.I. The van der Waals surface area contributed by atoms with Crippen molar-refractivity contribution in [2.24, 2.45) is 4.99 Å². The standard InChI is InChI=1S/C16H22BrF3N4O2.HI/c1-24(2)14(25)10-23-15(21-6-7-26-3)22-9-11-4-5-12(17)8-13(11)16(18,19)20;/h4-5,8H,6-7,9-10H2,1-3H3,(H2,21,22,23);1H. The third-order valence-electron chi connectivity index (χ3n) is 3.29. The van der Waals surface area contributed by atoms with E-state index in [0.29, 0.717) is 17.6 Å². The van der Waals surface area contributed by atoms with Crippen LogP contribution in [0.2, 0.25) is 0 Å². The number of halogens is 5. The third kappa shape index (κ3) is 9.60. The number of nitrogens with zero attached hydrogens (tertiary/aromatic N) is 2. The van der Waals surface area contributed by atoms with Crippen LogP contribution < -0.4 is 10.6 Å². The van der Waals surface area contributed by atoms with E-state index in [4.69, 9.17) is 4.74 Å². The lowest BCUT2D eigenvalue weighted by Crippen LogP contribution is -2.43. The van der Waals surface area contributed by atoms with Crippen molar-refractivity contribution in [1.82, 2.24) is 15.5 Å². The number of guanidine groups is 1. The summed E-state index contributed by atoms with van der Waals surface area (Å²) in [4.78, 5) is 17.2. The number of alkyl halides is 3. The monoisotopic (exact) mass is 566 g/mol. The highest BCUT2D eigenvalue weighted by molar-refractivity contribution is 14.0. The zero-order valence-corrected chi connectivity index (χ0v) is 19.1. The molecule has 0 heterocycles. The van der Waals surface area contributed by atoms with Gasteiger partial charge in [0.2, 0.25) is 5.91 Å². The number of likely N-dealkylation sites (N-methyl/N-ethyl adjacent to an activating group) is 1. The van der Waals surface area contributed by atoms with Crippen molar-refractivity contribution in [3.8, 4) is 0 Å². The van der Waals surface area contributed by atoms with Crippen LogP contribution in [-0.4, -0.2) is 57.7 Å². The summed E-state index contributed by atoms with van der Waals surface area (Å²) in [5, 5.41) is 5.71. The van der Waals surface area contributed by atoms with Gasteiger partial charge < -0.3 is 20.3 Å². The molecule has 0 atom stereocenters. The number of hydrogen-bond donors (Lipinski definition) is 2. The van der Waals surface area contributed by atoms with Crippen molar-refractivity contribution in [1.29, 1.82) is 0 Å². The number of amides is 1. The average Bonchev–Trinajstić information content (AvgIpc) is 2.56. The molecule has 2 N–H and O–H groups in total. The van der Waals surface area contributed by atoms with Gasteiger partial charge in [-0.1, -0.05) is 22.0 Å². The third-order valence-corrected chi connectivity index (χ3v) is 3.78. The molecule has 1 aromatic rings. The van der Waals surface area contributed by atoms with Gasteiger partial charge >= 0.3 is 6.18 Å². The topological polar surface area (TPSA) is 66.0 Å². The number of aliphatic imine (C=N–C) groups is 1. The molecule has 0 radical (unpaired) electrons. The first-order chi connectivity index (χ1) is 12.1. The van der Waals surface area contributed by atoms with Gasteiger partial charge in [0.1, 0.15) is 0 Å². The Morgan fingerprint density at radius 1 is 1.30 bits per heavy atom. The molecule has 0 bridgehead atoms. The minimum absolute atomic E-state index is 0. The Labute approximate surface area is 182 Å². The van der Waals surface area contributed by atoms with Crippen LogP contribution >= 0.6 is 39.9 Å². The fourth-order valence-corrected chi connectivity index (χ4v) is 2.24. The van der Waals surface area contributed by atoms with Gasteiger partial charge in [0.15, 0.2) is 5.96 Å². The molecule has 6 nitrogen and oxygen atoms in total. The van der Waals surface area contributed by atoms with E-state index in [0.717, 1.165) is 6.07 Å². The van der Waals surface area contributed by atoms with Gasteiger partial charge in [0.05, 0.1) is 25.3 Å². The van der Waals surface area contributed by atoms with Crippen LogP contribution in [0.4, 0.5) is 13.2 Å². The highest BCUT2D eigenvalue weighted by Gasteiger charge is 2.33. The lowest BCUT2D eigenvalue weighted by Gasteiger charge is -2.16. The quantitative estimate of drug-likeness (QED) is 0.231. The molecule has 0 aliphatic rings. The van der Waals surface area contributed by atoms with E-state index in [1.807, 2.05) is 0 Å². The molecule has 0 saturated heterocycles. The van der Waals surface area contributed by atoms with Crippen molar-refractivity contribution in [3.05, 3.63) is 33.8 Å². The Hall–Kier alpha value is -1.08. The molecule has 0 aliphatic heterocycles. The minimum Gasteiger partial charge on any atom is -0.383 e. The number of carbonyl (C=O) groups is 1. The lowest BCUT2D eigenvalue weighted by molar-refractivity contribution is -0.138. The number of hydrogen-bond acceptors (Lipinski definition) is 3. The molecule has 11 heteroatoms. The summed E-state index contributed by atoms with van der Waals surface area (Å²) < 4.78 is 44.8. The fraction of sp³-hybridized carbons (Fsp3) is 0.500. The second-order valence-electron chi connectivity index (χ2n) is 5.53. The maximum absolute atomic E-state index is 13.2. The van der Waals surface area contributed by atoms with Crippen LogP contribution in [-0.2, 0) is 22.3 Å². The first kappa shape index (κ1) is 25.9. The molecule has 0 fully saturated rings. The van der Waals surface area contributed by atoms with Crippen LogP contribution in [0, 0.1) is 0 Å². The smallest absolute Gasteiger partial charge is 0.383 e. The molecule has 0 aliphatic carbocycles. The molecule has 154 valence electrons. The van der Waals surface area contributed by atoms with E-state index in [1.54, 1.807) is 14.1 Å². The zero-order chi connectivity index (χ0) is 19.7. The van der Waals surface area contributed by atoms with Crippen LogP contribution in [0.1, 0.15) is 11.1 Å². The Kier molecular flexibility index (Phi) is 11.9. The second kappa shape index (κ2) is 12.4. The Bertz CT molecular complexity index is 643. The van der Waals surface area contributed by atoms with E-state index in [9.17, 15) is 18.0 Å². The maximum atomic E-state index is 13.2. The van der Waals surface area contributed by atoms with Crippen LogP contribution in [0.5, 0.6) is 0 Å². The van der Waals surface area contributed by atoms with Crippen LogP contribution in [0.25, 0.3) is 0 Å². The van der Waals surface area contributed by atoms with E-state index >= 15 is 0 Å². The molecule has 1 aromatic carbocycles. The molecule has 0 saturated carbocycles. The maximum Gasteiger partial charge on any atom is 0.416 e. The normalized spacial score (nSPS) is 11.6. The Morgan fingerprint density at radius 2 is 1.96 bits per heavy atom. The molecule has 1 rings (SSSR count). The predicted octanol–water partition coefficient (Wildman–Crippen LogP) is 2.86. The number of carbonyl (C=O) groups excluding carboxylic acids is 1. The van der Waals surface area contributed by atoms with Crippen molar-refractivity contribution in [2.75, 3.05) is 40.9 Å². The Balaban J connectivity index is 0.00000676. The summed E-state index contributed by atoms with van der Waals surface area (Å²) in [7, 11) is 4.74. The van der Waals surface area contributed by atoms with Gasteiger partial charge in [0.25, 0.3) is 0 Å². The van der Waals surface area contributed by atoms with E-state index in [-0.39, 0.29) is 54.5 Å². The number of ether oxygens (including phenoxy) is 1. The summed E-state index contributed by atoms with van der Waals surface area (Å²) in [5.41, 5.74) is -0.719. The van der Waals surface area contributed by atoms with Gasteiger partial charge in [0, 0.05) is 32.2 Å². The molecule has 0 unspecified atom stereocenters. The number of methoxy groups -OCH3 is 1. The van der Waals surface area contributed by atoms with Crippen molar-refractivity contribution in [3.63, 3.8) is 0 Å². The highest BCUT2D eigenvalue weighted by Crippen LogP contribution is 2.34. The zero-order valence-electron chi connectivity index (χ0n) is 15.2. The van der Waals surface area contributed by atoms with Crippen molar-refractivity contribution < 1.29 is 22.7 Å². The van der Waals surface area contributed by atoms with Crippen molar-refractivity contribution in [2.45, 2.75) is 12.7 Å². The molecular weight excluding hydrogens is 544 g/mol. The van der Waals surface area contributed by atoms with Crippen LogP contribution in [0.3, 0.4) is 0 Å². The molecular formula is C16H23BrF3IN4O2. The van der Waals surface area contributed by atoms with Gasteiger partial charge in [-0.05, 0) is 17.7 Å². The van der Waals surface area contributed by atoms with Gasteiger partial charge in [-0.2, -0.15) is 13.2 Å². The molecule has 0 aromatic heterocycles. The summed E-state index contributed by atoms with van der Waals surface area (Å²) >= 11 is 3.05. The number of rotatable bonds is 7. The fourth-order valence-electron chi connectivity index (χ4n) is 1.88. The summed E-state index contributed by atoms with van der Waals surface area (Å²) in [6, 6.07) is 3.92. The van der Waals surface area contributed by atoms with E-state index in [2.05, 4.69) is 31.6 Å². The molecule has 1 amide bonds. The Morgan fingerprint density at radius 3 is 2.52 bits per heavy atom. The largest absolute Gasteiger partial charge is 0.416 e. The predicted molar refractivity (Wildman–Crippen MR) is 112 cm³/mol. The van der Waals surface area contributed by atoms with Gasteiger partial charge in [-0.25, -0.2) is 4.99 Å². The number of nitrogens with one attached hydrogen (secondary N) is 2. The molecule has 27 heavy (non-hydrogen) atoms. The van der Waals surface area contributed by atoms with E-state index < -0.39 is 11.7 Å². The van der Waals surface area contributed by atoms with Gasteiger partial charge in [-0.15, -0.1) is 24.0 Å². The number of benzene rings is 1. The highest BCUT2D eigenvalue weighted by atomic mass is 127. The van der Waals surface area contributed by atoms with Gasteiger partial charge in [-0.3, -0.25) is 4.79 Å². The van der Waals surface area contributed by atoms with Crippen molar-refractivity contribution >= 4 is 51.8 Å². The summed E-state index contributed by atoms with van der Waals surface area (Å²) in [5.74, 6) is 0.0409. The first-order valence-electron chi connectivity index (χ1n) is 7.72. The first-order valence-corrected chi connectivity index (χ1v) is 8.51. The van der Waals surface area contributed by atoms with E-state index in [1.165, 1.54) is 24.1 Å². The molecule has 0 spiro atoms. The average molecular weight is 567 g/mol. The second-order valence-corrected chi connectivity index (χ2v) is 6.44. The summed E-state index contributed by atoms with van der Waals surface area (Å²) in [6.45, 7) is 0.554. The van der Waals surface area contributed by atoms with Crippen LogP contribution in [0.15, 0.2) is 27.7 Å². The minimum atomic E-state index is -4.48.